The number of hydrogen-bond acceptors (Lipinski definition) is 6. The van der Waals surface area contributed by atoms with E-state index in [9.17, 15) is 9.59 Å². The van der Waals surface area contributed by atoms with Crippen molar-refractivity contribution in [3.05, 3.63) is 22.4 Å². The lowest BCUT2D eigenvalue weighted by molar-refractivity contribution is -0.133. The van der Waals surface area contributed by atoms with Crippen molar-refractivity contribution >= 4 is 17.0 Å². The molecule has 2 fully saturated rings. The number of aryl methyl sites for hydroxylation is 1. The zero-order valence-corrected chi connectivity index (χ0v) is 15.2. The number of aromatic nitrogens is 3. The Morgan fingerprint density at radius 2 is 1.92 bits per heavy atom. The van der Waals surface area contributed by atoms with Crippen LogP contribution in [0.1, 0.15) is 37.8 Å². The molecule has 2 saturated heterocycles. The minimum atomic E-state index is -0.273. The molecule has 0 N–H and O–H groups in total. The van der Waals surface area contributed by atoms with Crippen molar-refractivity contribution in [1.29, 1.82) is 0 Å². The van der Waals surface area contributed by atoms with Crippen LogP contribution in [0.4, 0.5) is 0 Å². The molecule has 2 aliphatic rings. The number of rotatable bonds is 3. The Morgan fingerprint density at radius 1 is 1.19 bits per heavy atom. The van der Waals surface area contributed by atoms with Crippen LogP contribution in [-0.4, -0.2) is 62.6 Å². The molecule has 0 saturated carbocycles. The Bertz CT molecular complexity index is 844. The molecule has 4 rings (SSSR count). The van der Waals surface area contributed by atoms with Crippen LogP contribution in [0, 0.1) is 6.92 Å². The minimum Gasteiger partial charge on any atom is -0.341 e. The van der Waals surface area contributed by atoms with E-state index in [0.717, 1.165) is 25.9 Å². The van der Waals surface area contributed by atoms with Gasteiger partial charge in [-0.25, -0.2) is 4.98 Å². The van der Waals surface area contributed by atoms with Crippen LogP contribution in [0.5, 0.6) is 0 Å². The number of carbonyl (C=O) groups excluding carboxylic acids is 1. The largest absolute Gasteiger partial charge is 0.341 e. The second kappa shape index (κ2) is 7.19. The molecule has 0 atom stereocenters. The highest BCUT2D eigenvalue weighted by atomic mass is 16.5. The molecular weight excluding hydrogens is 334 g/mol. The van der Waals surface area contributed by atoms with Crippen molar-refractivity contribution < 1.29 is 9.32 Å². The average Bonchev–Trinajstić information content (AvgIpc) is 3.06. The lowest BCUT2D eigenvalue weighted by atomic mass is 10.00. The van der Waals surface area contributed by atoms with Crippen LogP contribution < -0.4 is 5.56 Å². The van der Waals surface area contributed by atoms with Gasteiger partial charge in [0.25, 0.3) is 11.3 Å². The Kier molecular flexibility index (Phi) is 4.76. The number of carbonyl (C=O) groups is 1. The van der Waals surface area contributed by atoms with Gasteiger partial charge in [0, 0.05) is 19.1 Å². The van der Waals surface area contributed by atoms with E-state index in [1.54, 1.807) is 6.92 Å². The SMILES string of the molecule is Cc1noc2ncn(CC(=O)N3CCC(N4CCCCC4)CC3)c(=O)c12. The van der Waals surface area contributed by atoms with E-state index in [0.29, 0.717) is 17.1 Å². The number of fused-ring (bicyclic) bond motifs is 1. The molecule has 4 heterocycles. The Hall–Kier alpha value is -2.22. The van der Waals surface area contributed by atoms with Crippen molar-refractivity contribution in [3.63, 3.8) is 0 Å². The molecule has 0 bridgehead atoms. The van der Waals surface area contributed by atoms with E-state index in [-0.39, 0.29) is 23.7 Å². The van der Waals surface area contributed by atoms with Crippen molar-refractivity contribution in [2.45, 2.75) is 51.6 Å². The van der Waals surface area contributed by atoms with Gasteiger partial charge in [0.05, 0.1) is 5.69 Å². The maximum Gasteiger partial charge on any atom is 0.267 e. The molecule has 0 aromatic carbocycles. The number of hydrogen-bond donors (Lipinski definition) is 0. The summed E-state index contributed by atoms with van der Waals surface area (Å²) in [6.45, 7) is 5.62. The summed E-state index contributed by atoms with van der Waals surface area (Å²) in [5.74, 6) is -0.0283. The summed E-state index contributed by atoms with van der Waals surface area (Å²) in [6, 6.07) is 0.597. The molecule has 8 heteroatoms. The van der Waals surface area contributed by atoms with Crippen LogP contribution in [0.2, 0.25) is 0 Å². The summed E-state index contributed by atoms with van der Waals surface area (Å²) in [5.41, 5.74) is 0.450. The summed E-state index contributed by atoms with van der Waals surface area (Å²) in [4.78, 5) is 33.7. The highest BCUT2D eigenvalue weighted by molar-refractivity contribution is 5.77. The first-order chi connectivity index (χ1) is 12.6. The Labute approximate surface area is 151 Å². The lowest BCUT2D eigenvalue weighted by Gasteiger charge is -2.40. The van der Waals surface area contributed by atoms with Crippen LogP contribution in [0.25, 0.3) is 11.1 Å². The quantitative estimate of drug-likeness (QED) is 0.818. The zero-order valence-electron chi connectivity index (χ0n) is 15.2. The summed E-state index contributed by atoms with van der Waals surface area (Å²) >= 11 is 0. The van der Waals surface area contributed by atoms with Gasteiger partial charge in [-0.05, 0) is 45.7 Å². The number of piperidine rings is 2. The predicted molar refractivity (Wildman–Crippen MR) is 95.8 cm³/mol. The molecular formula is C18H25N5O3. The van der Waals surface area contributed by atoms with Crippen molar-refractivity contribution in [1.82, 2.24) is 24.5 Å². The fraction of sp³-hybridized carbons (Fsp3) is 0.667. The molecule has 1 amide bonds. The first kappa shape index (κ1) is 17.2. The number of nitrogens with zero attached hydrogens (tertiary/aromatic N) is 5. The highest BCUT2D eigenvalue weighted by Crippen LogP contribution is 2.21. The van der Waals surface area contributed by atoms with Gasteiger partial charge in [-0.1, -0.05) is 11.6 Å². The third kappa shape index (κ3) is 3.25. The van der Waals surface area contributed by atoms with Gasteiger partial charge in [-0.2, -0.15) is 0 Å². The fourth-order valence-electron chi connectivity index (χ4n) is 4.13. The molecule has 8 nitrogen and oxygen atoms in total. The number of likely N-dealkylation sites (tertiary alicyclic amines) is 2. The predicted octanol–water partition coefficient (Wildman–Crippen LogP) is 1.17. The summed E-state index contributed by atoms with van der Waals surface area (Å²) in [5, 5.41) is 4.12. The highest BCUT2D eigenvalue weighted by Gasteiger charge is 2.28. The lowest BCUT2D eigenvalue weighted by Crippen LogP contribution is -2.49. The minimum absolute atomic E-state index is 0.0147. The van der Waals surface area contributed by atoms with Gasteiger partial charge in [0.1, 0.15) is 18.3 Å². The smallest absolute Gasteiger partial charge is 0.267 e. The van der Waals surface area contributed by atoms with E-state index in [2.05, 4.69) is 15.0 Å². The molecule has 0 spiro atoms. The molecule has 140 valence electrons. The monoisotopic (exact) mass is 359 g/mol. The maximum atomic E-state index is 12.6. The fourth-order valence-corrected chi connectivity index (χ4v) is 4.13. The summed E-state index contributed by atoms with van der Waals surface area (Å²) in [7, 11) is 0. The van der Waals surface area contributed by atoms with Crippen molar-refractivity contribution in [3.8, 4) is 0 Å². The van der Waals surface area contributed by atoms with Crippen LogP contribution in [-0.2, 0) is 11.3 Å². The standard InChI is InChI=1S/C18H25N5O3/c1-13-16-17(26-20-13)19-12-23(18(16)25)11-15(24)22-9-5-14(6-10-22)21-7-3-2-4-8-21/h12,14H,2-11H2,1H3. The second-order valence-electron chi connectivity index (χ2n) is 7.33. The number of amides is 1. The van der Waals surface area contributed by atoms with Gasteiger partial charge >= 0.3 is 0 Å². The summed E-state index contributed by atoms with van der Waals surface area (Å²) < 4.78 is 6.35. The molecule has 26 heavy (non-hydrogen) atoms. The van der Waals surface area contributed by atoms with Gasteiger partial charge in [-0.15, -0.1) is 0 Å². The summed E-state index contributed by atoms with van der Waals surface area (Å²) in [6.07, 6.45) is 7.32. The van der Waals surface area contributed by atoms with Gasteiger partial charge in [-0.3, -0.25) is 14.2 Å². The Morgan fingerprint density at radius 3 is 2.65 bits per heavy atom. The zero-order chi connectivity index (χ0) is 18.1. The van der Waals surface area contributed by atoms with Gasteiger partial charge < -0.3 is 14.3 Å². The molecule has 0 radical (unpaired) electrons. The average molecular weight is 359 g/mol. The van der Waals surface area contributed by atoms with Crippen LogP contribution in [0.3, 0.4) is 0 Å². The topological polar surface area (TPSA) is 84.5 Å². The first-order valence-corrected chi connectivity index (χ1v) is 9.47. The second-order valence-corrected chi connectivity index (χ2v) is 7.33. The van der Waals surface area contributed by atoms with Crippen LogP contribution in [0.15, 0.2) is 15.6 Å². The Balaban J connectivity index is 1.39. The van der Waals surface area contributed by atoms with E-state index < -0.39 is 0 Å². The molecule has 0 unspecified atom stereocenters. The van der Waals surface area contributed by atoms with E-state index >= 15 is 0 Å². The molecule has 2 aromatic heterocycles. The molecule has 2 aliphatic heterocycles. The maximum absolute atomic E-state index is 12.6. The molecule has 2 aromatic rings. The van der Waals surface area contributed by atoms with Gasteiger partial charge in [0.15, 0.2) is 0 Å². The van der Waals surface area contributed by atoms with Gasteiger partial charge in [0.2, 0.25) is 5.91 Å². The normalized spacial score (nSPS) is 20.0. The van der Waals surface area contributed by atoms with E-state index in [1.807, 2.05) is 4.90 Å². The van der Waals surface area contributed by atoms with Crippen molar-refractivity contribution in [2.24, 2.45) is 0 Å². The first-order valence-electron chi connectivity index (χ1n) is 9.47. The third-order valence-electron chi connectivity index (χ3n) is 5.66. The van der Waals surface area contributed by atoms with Crippen molar-refractivity contribution in [2.75, 3.05) is 26.2 Å². The van der Waals surface area contributed by atoms with E-state index in [4.69, 9.17) is 4.52 Å². The third-order valence-corrected chi connectivity index (χ3v) is 5.66. The molecule has 0 aliphatic carbocycles. The van der Waals surface area contributed by atoms with Crippen LogP contribution >= 0.6 is 0 Å². The van der Waals surface area contributed by atoms with E-state index in [1.165, 1.54) is 43.2 Å².